The largest absolute Gasteiger partial charge is 0.480 e. The van der Waals surface area contributed by atoms with E-state index >= 15 is 0 Å². The van der Waals surface area contributed by atoms with Crippen molar-refractivity contribution in [3.05, 3.63) is 106 Å². The van der Waals surface area contributed by atoms with Gasteiger partial charge >= 0.3 is 12.1 Å². The summed E-state index contributed by atoms with van der Waals surface area (Å²) in [6, 6.07) is 20.6. The SMILES string of the molecule is O=C(N[C@H](Cc1ccccc1)C(=O)N[C@@H](Cc1c(Cl)cccc1Cl)C(=O)O)OCc1ccccc1. The Balaban J connectivity index is 1.72. The summed E-state index contributed by atoms with van der Waals surface area (Å²) in [6.07, 6.45) is -0.798. The van der Waals surface area contributed by atoms with Crippen molar-refractivity contribution in [3.63, 3.8) is 0 Å². The zero-order chi connectivity index (χ0) is 25.2. The second kappa shape index (κ2) is 12.8. The quantitative estimate of drug-likeness (QED) is 0.365. The van der Waals surface area contributed by atoms with Crippen LogP contribution in [-0.4, -0.2) is 35.2 Å². The van der Waals surface area contributed by atoms with Crippen LogP contribution in [-0.2, 0) is 33.8 Å². The van der Waals surface area contributed by atoms with Gasteiger partial charge in [-0.1, -0.05) is 89.9 Å². The molecule has 0 bridgehead atoms. The molecule has 0 radical (unpaired) electrons. The molecule has 35 heavy (non-hydrogen) atoms. The lowest BCUT2D eigenvalue weighted by Crippen LogP contribution is -2.53. The van der Waals surface area contributed by atoms with Crippen molar-refractivity contribution < 1.29 is 24.2 Å². The fraction of sp³-hybridized carbons (Fsp3) is 0.192. The number of hydrogen-bond donors (Lipinski definition) is 3. The Morgan fingerprint density at radius 3 is 1.89 bits per heavy atom. The van der Waals surface area contributed by atoms with Crippen molar-refractivity contribution in [1.82, 2.24) is 10.6 Å². The number of carbonyl (C=O) groups is 3. The molecule has 0 heterocycles. The van der Waals surface area contributed by atoms with E-state index in [4.69, 9.17) is 27.9 Å². The molecule has 0 fully saturated rings. The molecule has 3 N–H and O–H groups in total. The highest BCUT2D eigenvalue weighted by Gasteiger charge is 2.28. The summed E-state index contributed by atoms with van der Waals surface area (Å²) in [4.78, 5) is 37.5. The molecule has 9 heteroatoms. The Labute approximate surface area is 213 Å². The van der Waals surface area contributed by atoms with Crippen LogP contribution in [0, 0.1) is 0 Å². The van der Waals surface area contributed by atoms with Crippen molar-refractivity contribution in [2.24, 2.45) is 0 Å². The number of hydrogen-bond acceptors (Lipinski definition) is 4. The number of benzene rings is 3. The van der Waals surface area contributed by atoms with Gasteiger partial charge < -0.3 is 20.5 Å². The lowest BCUT2D eigenvalue weighted by Gasteiger charge is -2.22. The average molecular weight is 515 g/mol. The number of carbonyl (C=O) groups excluding carboxylic acids is 2. The molecule has 0 aliphatic carbocycles. The minimum Gasteiger partial charge on any atom is -0.480 e. The third-order valence-corrected chi connectivity index (χ3v) is 5.90. The first-order chi connectivity index (χ1) is 16.8. The summed E-state index contributed by atoms with van der Waals surface area (Å²) in [5.41, 5.74) is 1.96. The average Bonchev–Trinajstić information content (AvgIpc) is 2.85. The van der Waals surface area contributed by atoms with Gasteiger partial charge in [0.1, 0.15) is 18.7 Å². The Hall–Kier alpha value is -3.55. The molecule has 3 aromatic carbocycles. The van der Waals surface area contributed by atoms with E-state index in [0.29, 0.717) is 15.6 Å². The van der Waals surface area contributed by atoms with Crippen LogP contribution in [0.2, 0.25) is 10.0 Å². The molecule has 0 saturated carbocycles. The highest BCUT2D eigenvalue weighted by molar-refractivity contribution is 6.36. The van der Waals surface area contributed by atoms with Crippen molar-refractivity contribution in [2.75, 3.05) is 0 Å². The fourth-order valence-electron chi connectivity index (χ4n) is 3.37. The zero-order valence-corrected chi connectivity index (χ0v) is 20.1. The fourth-order valence-corrected chi connectivity index (χ4v) is 3.92. The monoisotopic (exact) mass is 514 g/mol. The van der Waals surface area contributed by atoms with Crippen molar-refractivity contribution in [1.29, 1.82) is 0 Å². The van der Waals surface area contributed by atoms with Crippen LogP contribution in [0.25, 0.3) is 0 Å². The number of carboxylic acid groups (broad SMARTS) is 1. The summed E-state index contributed by atoms with van der Waals surface area (Å²) in [5.74, 6) is -1.94. The molecular weight excluding hydrogens is 491 g/mol. The normalized spacial score (nSPS) is 12.3. The van der Waals surface area contributed by atoms with E-state index in [1.807, 2.05) is 24.3 Å². The molecule has 7 nitrogen and oxygen atoms in total. The molecule has 0 aliphatic rings. The standard InChI is InChI=1S/C26H24Cl2N2O5/c27-20-12-7-13-21(28)19(20)15-23(25(32)33)29-24(31)22(14-17-8-3-1-4-9-17)30-26(34)35-16-18-10-5-2-6-11-18/h1-13,22-23H,14-16H2,(H,29,31)(H,30,34)(H,32,33)/t22-,23+/m1/s1. The summed E-state index contributed by atoms with van der Waals surface area (Å²) in [5, 5.41) is 15.3. The maximum atomic E-state index is 13.1. The van der Waals surface area contributed by atoms with E-state index in [0.717, 1.165) is 11.1 Å². The number of nitrogens with one attached hydrogen (secondary N) is 2. The van der Waals surface area contributed by atoms with Crippen LogP contribution in [0.4, 0.5) is 4.79 Å². The number of ether oxygens (including phenoxy) is 1. The second-order valence-corrected chi connectivity index (χ2v) is 8.57. The van der Waals surface area contributed by atoms with Gasteiger partial charge in [-0.15, -0.1) is 0 Å². The van der Waals surface area contributed by atoms with Gasteiger partial charge in [0.05, 0.1) is 0 Å². The van der Waals surface area contributed by atoms with Crippen molar-refractivity contribution >= 4 is 41.2 Å². The predicted molar refractivity (Wildman–Crippen MR) is 133 cm³/mol. The van der Waals surface area contributed by atoms with Gasteiger partial charge in [0, 0.05) is 22.9 Å². The molecule has 0 aromatic heterocycles. The van der Waals surface area contributed by atoms with E-state index in [9.17, 15) is 19.5 Å². The van der Waals surface area contributed by atoms with E-state index in [2.05, 4.69) is 10.6 Å². The zero-order valence-electron chi connectivity index (χ0n) is 18.6. The number of halogens is 2. The number of alkyl carbamates (subject to hydrolysis) is 1. The first kappa shape index (κ1) is 26.1. The third kappa shape index (κ3) is 8.02. The summed E-state index contributed by atoms with van der Waals surface area (Å²) < 4.78 is 5.24. The predicted octanol–water partition coefficient (Wildman–Crippen LogP) is 4.64. The molecule has 3 rings (SSSR count). The number of aliphatic carboxylic acids is 1. The van der Waals surface area contributed by atoms with Gasteiger partial charge in [-0.2, -0.15) is 0 Å². The molecule has 3 aromatic rings. The Kier molecular flexibility index (Phi) is 9.52. The van der Waals surface area contributed by atoms with E-state index in [1.54, 1.807) is 54.6 Å². The molecule has 2 amide bonds. The minimum absolute atomic E-state index is 0.0229. The number of carboxylic acids is 1. The maximum absolute atomic E-state index is 13.1. The van der Waals surface area contributed by atoms with E-state index in [1.165, 1.54) is 0 Å². The second-order valence-electron chi connectivity index (χ2n) is 7.75. The Bertz CT molecular complexity index is 1140. The molecule has 2 atom stereocenters. The Morgan fingerprint density at radius 1 is 0.743 bits per heavy atom. The molecule has 182 valence electrons. The van der Waals surface area contributed by atoms with Gasteiger partial charge in [-0.05, 0) is 28.8 Å². The van der Waals surface area contributed by atoms with Gasteiger partial charge in [0.2, 0.25) is 5.91 Å². The molecule has 0 spiro atoms. The van der Waals surface area contributed by atoms with Crippen molar-refractivity contribution in [2.45, 2.75) is 31.5 Å². The lowest BCUT2D eigenvalue weighted by molar-refractivity contribution is -0.142. The van der Waals surface area contributed by atoms with Crippen LogP contribution in [0.3, 0.4) is 0 Å². The first-order valence-electron chi connectivity index (χ1n) is 10.8. The molecule has 0 unspecified atom stereocenters. The minimum atomic E-state index is -1.32. The third-order valence-electron chi connectivity index (χ3n) is 5.19. The van der Waals surface area contributed by atoms with Crippen LogP contribution in [0.15, 0.2) is 78.9 Å². The smallest absolute Gasteiger partial charge is 0.408 e. The van der Waals surface area contributed by atoms with Gasteiger partial charge in [-0.3, -0.25) is 4.79 Å². The highest BCUT2D eigenvalue weighted by atomic mass is 35.5. The Morgan fingerprint density at radius 2 is 1.31 bits per heavy atom. The summed E-state index contributed by atoms with van der Waals surface area (Å²) in [7, 11) is 0. The van der Waals surface area contributed by atoms with Crippen LogP contribution < -0.4 is 10.6 Å². The van der Waals surface area contributed by atoms with Crippen LogP contribution in [0.5, 0.6) is 0 Å². The van der Waals surface area contributed by atoms with Gasteiger partial charge in [-0.25, -0.2) is 9.59 Å². The summed E-state index contributed by atoms with van der Waals surface area (Å²) in [6.45, 7) is 0.0229. The molecular formula is C26H24Cl2N2O5. The van der Waals surface area contributed by atoms with Crippen molar-refractivity contribution in [3.8, 4) is 0 Å². The van der Waals surface area contributed by atoms with E-state index < -0.39 is 30.1 Å². The number of amides is 2. The molecule has 0 aliphatic heterocycles. The molecule has 0 saturated heterocycles. The number of rotatable bonds is 10. The topological polar surface area (TPSA) is 105 Å². The van der Waals surface area contributed by atoms with Crippen LogP contribution >= 0.6 is 23.2 Å². The van der Waals surface area contributed by atoms with Gasteiger partial charge in [0.25, 0.3) is 0 Å². The lowest BCUT2D eigenvalue weighted by atomic mass is 10.0. The highest BCUT2D eigenvalue weighted by Crippen LogP contribution is 2.25. The van der Waals surface area contributed by atoms with Gasteiger partial charge in [0.15, 0.2) is 0 Å². The summed E-state index contributed by atoms with van der Waals surface area (Å²) >= 11 is 12.4. The van der Waals surface area contributed by atoms with Crippen LogP contribution in [0.1, 0.15) is 16.7 Å². The maximum Gasteiger partial charge on any atom is 0.408 e. The first-order valence-corrected chi connectivity index (χ1v) is 11.6. The van der Waals surface area contributed by atoms with E-state index in [-0.39, 0.29) is 19.4 Å².